The number of halogens is 1. The lowest BCUT2D eigenvalue weighted by Crippen LogP contribution is -1.97. The number of azo groups is 1. The molecule has 0 aliphatic rings. The summed E-state index contributed by atoms with van der Waals surface area (Å²) in [6, 6.07) is 7.42. The summed E-state index contributed by atoms with van der Waals surface area (Å²) in [5.41, 5.74) is 12.5. The van der Waals surface area contributed by atoms with Crippen molar-refractivity contribution in [1.82, 2.24) is 9.78 Å². The highest BCUT2D eigenvalue weighted by atomic mass is 79.9. The van der Waals surface area contributed by atoms with E-state index in [1.54, 1.807) is 7.05 Å². The van der Waals surface area contributed by atoms with Crippen molar-refractivity contribution in [2.45, 2.75) is 0 Å². The van der Waals surface area contributed by atoms with Crippen molar-refractivity contribution in [3.05, 3.63) is 28.7 Å². The van der Waals surface area contributed by atoms with Crippen LogP contribution < -0.4 is 11.5 Å². The molecule has 0 aliphatic heterocycles. The Bertz CT molecular complexity index is 557. The second kappa shape index (κ2) is 4.54. The molecule has 0 radical (unpaired) electrons. The van der Waals surface area contributed by atoms with E-state index in [0.717, 1.165) is 10.2 Å². The molecule has 6 nitrogen and oxygen atoms in total. The molecule has 2 aromatic rings. The summed E-state index contributed by atoms with van der Waals surface area (Å²) in [4.78, 5) is 0. The van der Waals surface area contributed by atoms with Crippen LogP contribution in [0.1, 0.15) is 0 Å². The van der Waals surface area contributed by atoms with Crippen LogP contribution in [0, 0.1) is 0 Å². The molecule has 0 aliphatic carbocycles. The topological polar surface area (TPSA) is 94.6 Å². The third-order valence-corrected chi connectivity index (χ3v) is 2.71. The molecule has 88 valence electrons. The van der Waals surface area contributed by atoms with Gasteiger partial charge in [0.25, 0.3) is 0 Å². The van der Waals surface area contributed by atoms with Gasteiger partial charge in [0.15, 0.2) is 17.3 Å². The summed E-state index contributed by atoms with van der Waals surface area (Å²) in [7, 11) is 1.70. The highest BCUT2D eigenvalue weighted by molar-refractivity contribution is 9.10. The number of nitrogens with two attached hydrogens (primary N) is 2. The fraction of sp³-hybridized carbons (Fsp3) is 0.100. The summed E-state index contributed by atoms with van der Waals surface area (Å²) in [6.07, 6.45) is 0. The van der Waals surface area contributed by atoms with Crippen LogP contribution in [0.15, 0.2) is 39.0 Å². The van der Waals surface area contributed by atoms with Crippen molar-refractivity contribution in [3.63, 3.8) is 0 Å². The molecule has 0 saturated heterocycles. The number of rotatable bonds is 2. The quantitative estimate of drug-likeness (QED) is 0.834. The highest BCUT2D eigenvalue weighted by Crippen LogP contribution is 2.30. The molecule has 0 fully saturated rings. The second-order valence-electron chi connectivity index (χ2n) is 3.42. The molecule has 2 rings (SSSR count). The normalized spacial score (nSPS) is 11.2. The van der Waals surface area contributed by atoms with E-state index in [4.69, 9.17) is 11.5 Å². The summed E-state index contributed by atoms with van der Waals surface area (Å²) < 4.78 is 2.45. The Kier molecular flexibility index (Phi) is 3.10. The van der Waals surface area contributed by atoms with Gasteiger partial charge in [0, 0.05) is 11.5 Å². The first-order chi connectivity index (χ1) is 8.08. The zero-order valence-electron chi connectivity index (χ0n) is 9.13. The lowest BCUT2D eigenvalue weighted by molar-refractivity contribution is 0.783. The van der Waals surface area contributed by atoms with E-state index in [1.165, 1.54) is 4.68 Å². The first-order valence-electron chi connectivity index (χ1n) is 4.83. The zero-order chi connectivity index (χ0) is 12.4. The maximum absolute atomic E-state index is 5.75. The Morgan fingerprint density at radius 2 is 1.82 bits per heavy atom. The Labute approximate surface area is 106 Å². The van der Waals surface area contributed by atoms with Crippen molar-refractivity contribution in [3.8, 4) is 0 Å². The molecule has 0 bridgehead atoms. The minimum absolute atomic E-state index is 0.269. The maximum Gasteiger partial charge on any atom is 0.175 e. The SMILES string of the molecule is Cn1nc(N)c(N=Nc2ccc(Br)cc2)c1N. The number of nitrogens with zero attached hydrogens (tertiary/aromatic N) is 4. The molecule has 17 heavy (non-hydrogen) atoms. The summed E-state index contributed by atoms with van der Waals surface area (Å²) in [5, 5.41) is 12.0. The van der Waals surface area contributed by atoms with Gasteiger partial charge in [-0.25, -0.2) is 4.68 Å². The predicted octanol–water partition coefficient (Wildman–Crippen LogP) is 2.76. The number of hydrogen-bond acceptors (Lipinski definition) is 5. The van der Waals surface area contributed by atoms with Crippen molar-refractivity contribution >= 4 is 38.9 Å². The molecule has 1 aromatic heterocycles. The number of aryl methyl sites for hydroxylation is 1. The van der Waals surface area contributed by atoms with Crippen LogP contribution in [0.4, 0.5) is 23.0 Å². The van der Waals surface area contributed by atoms with Crippen LogP contribution in [0.5, 0.6) is 0 Å². The minimum Gasteiger partial charge on any atom is -0.382 e. The summed E-state index contributed by atoms with van der Waals surface area (Å²) in [6.45, 7) is 0. The van der Waals surface area contributed by atoms with E-state index in [0.29, 0.717) is 11.5 Å². The van der Waals surface area contributed by atoms with E-state index < -0.39 is 0 Å². The third kappa shape index (κ3) is 2.44. The predicted molar refractivity (Wildman–Crippen MR) is 70.4 cm³/mol. The van der Waals surface area contributed by atoms with Gasteiger partial charge in [-0.2, -0.15) is 10.2 Å². The molecular formula is C10H11BrN6. The smallest absolute Gasteiger partial charge is 0.175 e. The number of nitrogen functional groups attached to an aromatic ring is 2. The standard InChI is InChI=1S/C10H11BrN6/c1-17-10(13)8(9(12)16-17)15-14-7-4-2-6(11)3-5-7/h2-5H,13H2,1H3,(H2,12,16). The van der Waals surface area contributed by atoms with Gasteiger partial charge in [0.2, 0.25) is 0 Å². The molecule has 0 unspecified atom stereocenters. The Morgan fingerprint density at radius 1 is 1.18 bits per heavy atom. The molecular weight excluding hydrogens is 284 g/mol. The van der Waals surface area contributed by atoms with Gasteiger partial charge < -0.3 is 11.5 Å². The first-order valence-corrected chi connectivity index (χ1v) is 5.62. The number of hydrogen-bond donors (Lipinski definition) is 2. The number of anilines is 2. The van der Waals surface area contributed by atoms with Crippen molar-refractivity contribution < 1.29 is 0 Å². The van der Waals surface area contributed by atoms with Gasteiger partial charge in [-0.15, -0.1) is 5.11 Å². The molecule has 0 saturated carbocycles. The van der Waals surface area contributed by atoms with Crippen molar-refractivity contribution in [1.29, 1.82) is 0 Å². The van der Waals surface area contributed by atoms with Crippen LogP contribution >= 0.6 is 15.9 Å². The Hall–Kier alpha value is -1.89. The Balaban J connectivity index is 2.29. The van der Waals surface area contributed by atoms with Gasteiger partial charge in [-0.1, -0.05) is 15.9 Å². The molecule has 0 amide bonds. The maximum atomic E-state index is 5.75. The fourth-order valence-electron chi connectivity index (χ4n) is 1.27. The van der Waals surface area contributed by atoms with E-state index >= 15 is 0 Å². The van der Waals surface area contributed by atoms with Crippen molar-refractivity contribution in [2.24, 2.45) is 17.3 Å². The summed E-state index contributed by atoms with van der Waals surface area (Å²) in [5.74, 6) is 0.661. The monoisotopic (exact) mass is 294 g/mol. The van der Waals surface area contributed by atoms with Crippen molar-refractivity contribution in [2.75, 3.05) is 11.5 Å². The molecule has 7 heteroatoms. The largest absolute Gasteiger partial charge is 0.382 e. The number of benzene rings is 1. The molecule has 1 heterocycles. The molecule has 0 spiro atoms. The van der Waals surface area contributed by atoms with Gasteiger partial charge in [0.05, 0.1) is 5.69 Å². The second-order valence-corrected chi connectivity index (χ2v) is 4.33. The average Bonchev–Trinajstić information content (AvgIpc) is 2.54. The van der Waals surface area contributed by atoms with Gasteiger partial charge in [0.1, 0.15) is 0 Å². The van der Waals surface area contributed by atoms with E-state index in [1.807, 2.05) is 24.3 Å². The molecule has 0 atom stereocenters. The molecule has 4 N–H and O–H groups in total. The van der Waals surface area contributed by atoms with Crippen LogP contribution in [-0.4, -0.2) is 9.78 Å². The number of aromatic nitrogens is 2. The zero-order valence-corrected chi connectivity index (χ0v) is 10.7. The average molecular weight is 295 g/mol. The van der Waals surface area contributed by atoms with E-state index in [9.17, 15) is 0 Å². The van der Waals surface area contributed by atoms with Gasteiger partial charge in [-0.3, -0.25) is 0 Å². The van der Waals surface area contributed by atoms with E-state index in [-0.39, 0.29) is 5.82 Å². The lowest BCUT2D eigenvalue weighted by atomic mass is 10.3. The first kappa shape index (κ1) is 11.6. The van der Waals surface area contributed by atoms with Crippen LogP contribution in [0.2, 0.25) is 0 Å². The Morgan fingerprint density at radius 3 is 2.35 bits per heavy atom. The molecule has 1 aromatic carbocycles. The lowest BCUT2D eigenvalue weighted by Gasteiger charge is -1.94. The van der Waals surface area contributed by atoms with Crippen LogP contribution in [-0.2, 0) is 7.05 Å². The fourth-order valence-corrected chi connectivity index (χ4v) is 1.53. The minimum atomic E-state index is 0.269. The van der Waals surface area contributed by atoms with Crippen LogP contribution in [0.3, 0.4) is 0 Å². The van der Waals surface area contributed by atoms with Gasteiger partial charge in [-0.05, 0) is 24.3 Å². The van der Waals surface area contributed by atoms with E-state index in [2.05, 4.69) is 31.3 Å². The highest BCUT2D eigenvalue weighted by Gasteiger charge is 2.09. The summed E-state index contributed by atoms with van der Waals surface area (Å²) >= 11 is 3.34. The third-order valence-electron chi connectivity index (χ3n) is 2.18. The van der Waals surface area contributed by atoms with Gasteiger partial charge >= 0.3 is 0 Å². The van der Waals surface area contributed by atoms with Crippen LogP contribution in [0.25, 0.3) is 0 Å².